The summed E-state index contributed by atoms with van der Waals surface area (Å²) in [5, 5.41) is 0.578. The van der Waals surface area contributed by atoms with E-state index >= 15 is 0 Å². The number of rotatable bonds is 9. The summed E-state index contributed by atoms with van der Waals surface area (Å²) in [7, 11) is -1.98. The Bertz CT molecular complexity index is 1380. The molecule has 9 heteroatoms. The van der Waals surface area contributed by atoms with Gasteiger partial charge in [0.1, 0.15) is 5.75 Å². The third kappa shape index (κ3) is 5.60. The van der Waals surface area contributed by atoms with Gasteiger partial charge in [-0.15, -0.1) is 0 Å². The fourth-order valence-corrected chi connectivity index (χ4v) is 5.89. The van der Waals surface area contributed by atoms with Gasteiger partial charge in [0, 0.05) is 12.6 Å². The van der Waals surface area contributed by atoms with Crippen LogP contribution in [0.3, 0.4) is 0 Å². The van der Waals surface area contributed by atoms with E-state index in [9.17, 15) is 13.2 Å². The first-order valence-corrected chi connectivity index (χ1v) is 13.3. The van der Waals surface area contributed by atoms with Crippen molar-refractivity contribution in [1.29, 1.82) is 0 Å². The lowest BCUT2D eigenvalue weighted by Gasteiger charge is -2.19. The molecule has 0 aliphatic rings. The highest BCUT2D eigenvalue weighted by molar-refractivity contribution is 7.91. The Morgan fingerprint density at radius 2 is 1.88 bits per heavy atom. The van der Waals surface area contributed by atoms with Gasteiger partial charge in [0.15, 0.2) is 15.0 Å². The molecule has 0 atom stereocenters. The molecule has 7 nitrogen and oxygen atoms in total. The first-order chi connectivity index (χ1) is 16.4. The predicted octanol–water partition coefficient (Wildman–Crippen LogP) is 4.80. The molecular formula is C25H25N3O4S2. The summed E-state index contributed by atoms with van der Waals surface area (Å²) in [6.45, 7) is 2.28. The molecule has 0 unspecified atom stereocenters. The van der Waals surface area contributed by atoms with E-state index in [0.29, 0.717) is 10.9 Å². The highest BCUT2D eigenvalue weighted by atomic mass is 32.2. The van der Waals surface area contributed by atoms with E-state index in [1.54, 1.807) is 23.2 Å². The van der Waals surface area contributed by atoms with Crippen molar-refractivity contribution in [2.45, 2.75) is 31.2 Å². The molecule has 4 aromatic rings. The number of anilines is 1. The molecule has 2 aromatic heterocycles. The SMILES string of the molecule is COc1ccc(S(=O)(=O)CCCC(=O)N(Cc2ccccn2)c2nc3ccc(C)cc3s2)cc1. The molecular weight excluding hydrogens is 470 g/mol. The minimum atomic E-state index is -3.51. The van der Waals surface area contributed by atoms with Gasteiger partial charge < -0.3 is 4.74 Å². The number of carbonyl (C=O) groups excluding carboxylic acids is 1. The normalized spacial score (nSPS) is 11.5. The molecule has 0 bridgehead atoms. The quantitative estimate of drug-likeness (QED) is 0.332. The number of methoxy groups -OCH3 is 1. The Kier molecular flexibility index (Phi) is 7.23. The molecule has 4 rings (SSSR count). The van der Waals surface area contributed by atoms with E-state index in [-0.39, 0.29) is 35.9 Å². The van der Waals surface area contributed by atoms with Gasteiger partial charge in [-0.2, -0.15) is 0 Å². The third-order valence-corrected chi connectivity index (χ3v) is 8.19. The van der Waals surface area contributed by atoms with Gasteiger partial charge in [0.2, 0.25) is 5.91 Å². The van der Waals surface area contributed by atoms with Crippen LogP contribution < -0.4 is 9.64 Å². The molecule has 0 N–H and O–H groups in total. The van der Waals surface area contributed by atoms with E-state index in [4.69, 9.17) is 4.74 Å². The molecule has 0 radical (unpaired) electrons. The van der Waals surface area contributed by atoms with Crippen LogP contribution in [0.5, 0.6) is 5.75 Å². The number of thiazole rings is 1. The van der Waals surface area contributed by atoms with Crippen LogP contribution in [0, 0.1) is 6.92 Å². The average Bonchev–Trinajstić information content (AvgIpc) is 3.25. The lowest BCUT2D eigenvalue weighted by atomic mass is 10.2. The van der Waals surface area contributed by atoms with Crippen LogP contribution in [-0.2, 0) is 21.2 Å². The number of pyridine rings is 1. The summed E-state index contributed by atoms with van der Waals surface area (Å²) in [4.78, 5) is 24.1. The maximum atomic E-state index is 13.3. The van der Waals surface area contributed by atoms with Crippen LogP contribution in [0.4, 0.5) is 5.13 Å². The van der Waals surface area contributed by atoms with E-state index < -0.39 is 9.84 Å². The Morgan fingerprint density at radius 3 is 2.59 bits per heavy atom. The fourth-order valence-electron chi connectivity index (χ4n) is 3.50. The topological polar surface area (TPSA) is 89.5 Å². The smallest absolute Gasteiger partial charge is 0.229 e. The van der Waals surface area contributed by atoms with Crippen molar-refractivity contribution < 1.29 is 17.9 Å². The zero-order valence-corrected chi connectivity index (χ0v) is 20.6. The van der Waals surface area contributed by atoms with Crippen molar-refractivity contribution in [3.05, 3.63) is 78.1 Å². The van der Waals surface area contributed by atoms with Crippen molar-refractivity contribution in [3.8, 4) is 5.75 Å². The number of aryl methyl sites for hydroxylation is 1. The lowest BCUT2D eigenvalue weighted by molar-refractivity contribution is -0.118. The molecule has 0 saturated carbocycles. The van der Waals surface area contributed by atoms with Gasteiger partial charge in [-0.25, -0.2) is 13.4 Å². The van der Waals surface area contributed by atoms with Gasteiger partial charge in [-0.3, -0.25) is 14.7 Å². The molecule has 2 aromatic carbocycles. The number of nitrogens with zero attached hydrogens (tertiary/aromatic N) is 3. The minimum absolute atomic E-state index is 0.0805. The fraction of sp³-hybridized carbons (Fsp3) is 0.240. The predicted molar refractivity (Wildman–Crippen MR) is 134 cm³/mol. The highest BCUT2D eigenvalue weighted by Crippen LogP contribution is 2.31. The van der Waals surface area contributed by atoms with Gasteiger partial charge in [0.05, 0.1) is 40.2 Å². The second kappa shape index (κ2) is 10.3. The van der Waals surface area contributed by atoms with Gasteiger partial charge in [0.25, 0.3) is 0 Å². The standard InChI is InChI=1S/C25H25N3O4S2/c1-18-8-13-22-23(16-18)33-25(27-22)28(17-19-6-3-4-14-26-19)24(29)7-5-15-34(30,31)21-11-9-20(32-2)10-12-21/h3-4,6,8-14,16H,5,7,15,17H2,1-2H3. The number of sulfone groups is 1. The summed E-state index contributed by atoms with van der Waals surface area (Å²) in [6.07, 6.45) is 1.97. The molecule has 0 fully saturated rings. The summed E-state index contributed by atoms with van der Waals surface area (Å²) >= 11 is 1.44. The van der Waals surface area contributed by atoms with Gasteiger partial charge >= 0.3 is 0 Å². The third-order valence-electron chi connectivity index (χ3n) is 5.33. The molecule has 176 valence electrons. The van der Waals surface area contributed by atoms with Crippen LogP contribution in [0.15, 0.2) is 71.8 Å². The van der Waals surface area contributed by atoms with Crippen molar-refractivity contribution in [2.24, 2.45) is 0 Å². The average molecular weight is 496 g/mol. The lowest BCUT2D eigenvalue weighted by Crippen LogP contribution is -2.30. The maximum Gasteiger partial charge on any atom is 0.229 e. The number of fused-ring (bicyclic) bond motifs is 1. The summed E-state index contributed by atoms with van der Waals surface area (Å²) in [5.74, 6) is 0.276. The molecule has 1 amide bonds. The van der Waals surface area contributed by atoms with E-state index in [2.05, 4.69) is 9.97 Å². The van der Waals surface area contributed by atoms with Gasteiger partial charge in [-0.1, -0.05) is 23.5 Å². The molecule has 0 spiro atoms. The van der Waals surface area contributed by atoms with Crippen LogP contribution in [0.2, 0.25) is 0 Å². The first kappa shape index (κ1) is 23.8. The summed E-state index contributed by atoms with van der Waals surface area (Å²) in [6, 6.07) is 17.8. The number of carbonyl (C=O) groups is 1. The number of aromatic nitrogens is 2. The number of ether oxygens (including phenoxy) is 1. The Morgan fingerprint density at radius 1 is 1.09 bits per heavy atom. The monoisotopic (exact) mass is 495 g/mol. The maximum absolute atomic E-state index is 13.3. The Hall–Kier alpha value is -3.30. The Balaban J connectivity index is 1.50. The highest BCUT2D eigenvalue weighted by Gasteiger charge is 2.22. The molecule has 0 saturated heterocycles. The van der Waals surface area contributed by atoms with Crippen LogP contribution in [0.1, 0.15) is 24.1 Å². The van der Waals surface area contributed by atoms with Gasteiger partial charge in [-0.05, 0) is 67.4 Å². The number of benzene rings is 2. The molecule has 0 aliphatic heterocycles. The number of amides is 1. The van der Waals surface area contributed by atoms with Crippen molar-refractivity contribution in [1.82, 2.24) is 9.97 Å². The van der Waals surface area contributed by atoms with E-state index in [1.807, 2.05) is 43.3 Å². The van der Waals surface area contributed by atoms with E-state index in [0.717, 1.165) is 21.5 Å². The zero-order chi connectivity index (χ0) is 24.1. The second-order valence-electron chi connectivity index (χ2n) is 7.87. The Labute approximate surface area is 203 Å². The van der Waals surface area contributed by atoms with Crippen molar-refractivity contribution in [3.63, 3.8) is 0 Å². The van der Waals surface area contributed by atoms with E-state index in [1.165, 1.54) is 30.6 Å². The van der Waals surface area contributed by atoms with Crippen LogP contribution in [-0.4, -0.2) is 37.2 Å². The van der Waals surface area contributed by atoms with Crippen LogP contribution >= 0.6 is 11.3 Å². The van der Waals surface area contributed by atoms with Crippen LogP contribution in [0.25, 0.3) is 10.2 Å². The zero-order valence-electron chi connectivity index (χ0n) is 19.0. The number of hydrogen-bond acceptors (Lipinski definition) is 7. The molecule has 0 aliphatic carbocycles. The minimum Gasteiger partial charge on any atom is -0.497 e. The molecule has 2 heterocycles. The molecule has 34 heavy (non-hydrogen) atoms. The second-order valence-corrected chi connectivity index (χ2v) is 11.0. The first-order valence-electron chi connectivity index (χ1n) is 10.8. The largest absolute Gasteiger partial charge is 0.497 e. The number of hydrogen-bond donors (Lipinski definition) is 0. The summed E-state index contributed by atoms with van der Waals surface area (Å²) in [5.41, 5.74) is 2.68. The summed E-state index contributed by atoms with van der Waals surface area (Å²) < 4.78 is 31.5. The van der Waals surface area contributed by atoms with Crippen molar-refractivity contribution in [2.75, 3.05) is 17.8 Å². The van der Waals surface area contributed by atoms with Crippen molar-refractivity contribution >= 4 is 42.4 Å².